The number of nitrogens with zero attached hydrogens (tertiary/aromatic N) is 1. The van der Waals surface area contributed by atoms with Crippen LogP contribution in [0.4, 0.5) is 5.82 Å². The van der Waals surface area contributed by atoms with E-state index in [1.807, 2.05) is 6.08 Å². The van der Waals surface area contributed by atoms with Crippen molar-refractivity contribution in [3.63, 3.8) is 0 Å². The van der Waals surface area contributed by atoms with Crippen molar-refractivity contribution in [2.24, 2.45) is 5.73 Å². The van der Waals surface area contributed by atoms with Crippen molar-refractivity contribution < 1.29 is 0 Å². The predicted octanol–water partition coefficient (Wildman–Crippen LogP) is 9.30. The maximum absolute atomic E-state index is 5.73. The first-order valence-corrected chi connectivity index (χ1v) is 14.9. The molecule has 3 N–H and O–H groups in total. The monoisotopic (exact) mass is 545 g/mol. The highest BCUT2D eigenvalue weighted by Gasteiger charge is 2.20. The highest BCUT2D eigenvalue weighted by atomic mass is 15.1. The summed E-state index contributed by atoms with van der Waals surface area (Å²) in [5, 5.41) is 7.58. The normalized spacial score (nSPS) is 13.5. The number of anilines is 1. The van der Waals surface area contributed by atoms with Crippen molar-refractivity contribution in [2.75, 3.05) is 11.9 Å². The summed E-state index contributed by atoms with van der Waals surface area (Å²) in [7, 11) is 0. The van der Waals surface area contributed by atoms with Crippen molar-refractivity contribution in [2.45, 2.75) is 25.7 Å². The van der Waals surface area contributed by atoms with Crippen molar-refractivity contribution in [3.8, 4) is 16.8 Å². The molecule has 1 aliphatic heterocycles. The van der Waals surface area contributed by atoms with Crippen LogP contribution in [-0.2, 0) is 12.8 Å². The van der Waals surface area contributed by atoms with E-state index in [1.54, 1.807) is 6.20 Å². The molecule has 0 atom stereocenters. The standard InChI is InChI=1S/C39H35N3/c40-26-6-10-29(30-20-22-32(23-21-30)35-13-5-9-31-8-1-2-11-34(31)35)19-16-28-17-24-33(25-18-28)42-38-15-4-3-12-36(38)37-14-7-27-41-39(37)42/h1-6,8-13,15,17-18,20-26,41H,7,14,16,19,27,40H2/b26-6-,29-10+. The summed E-state index contributed by atoms with van der Waals surface area (Å²) in [6, 6.07) is 41.9. The van der Waals surface area contributed by atoms with E-state index in [0.29, 0.717) is 0 Å². The Morgan fingerprint density at radius 2 is 1.55 bits per heavy atom. The Labute approximate surface area is 247 Å². The van der Waals surface area contributed by atoms with Crippen LogP contribution in [0.25, 0.3) is 44.1 Å². The van der Waals surface area contributed by atoms with Gasteiger partial charge < -0.3 is 11.1 Å². The lowest BCUT2D eigenvalue weighted by molar-refractivity contribution is 0.821. The Bertz CT molecular complexity index is 1920. The Kier molecular flexibility index (Phi) is 7.07. The minimum atomic E-state index is 0.931. The van der Waals surface area contributed by atoms with Gasteiger partial charge >= 0.3 is 0 Å². The molecule has 0 aliphatic carbocycles. The molecule has 1 aromatic heterocycles. The smallest absolute Gasteiger partial charge is 0.114 e. The summed E-state index contributed by atoms with van der Waals surface area (Å²) in [4.78, 5) is 0. The lowest BCUT2D eigenvalue weighted by atomic mass is 9.94. The van der Waals surface area contributed by atoms with Gasteiger partial charge in [0.2, 0.25) is 0 Å². The Morgan fingerprint density at radius 1 is 0.786 bits per heavy atom. The van der Waals surface area contributed by atoms with Crippen molar-refractivity contribution in [3.05, 3.63) is 150 Å². The van der Waals surface area contributed by atoms with E-state index in [0.717, 1.165) is 25.8 Å². The highest BCUT2D eigenvalue weighted by molar-refractivity contribution is 5.97. The summed E-state index contributed by atoms with van der Waals surface area (Å²) in [5.74, 6) is 1.25. The molecule has 206 valence electrons. The first-order valence-electron chi connectivity index (χ1n) is 14.9. The van der Waals surface area contributed by atoms with Crippen LogP contribution in [0.15, 0.2) is 134 Å². The Hall–Kier alpha value is -5.02. The molecule has 0 fully saturated rings. The fourth-order valence-electron chi connectivity index (χ4n) is 6.41. The zero-order chi connectivity index (χ0) is 28.3. The van der Waals surface area contributed by atoms with Gasteiger partial charge in [-0.3, -0.25) is 4.57 Å². The molecule has 0 saturated carbocycles. The van der Waals surface area contributed by atoms with Crippen LogP contribution in [-0.4, -0.2) is 11.1 Å². The molecule has 42 heavy (non-hydrogen) atoms. The number of benzene rings is 5. The number of hydrogen-bond acceptors (Lipinski definition) is 2. The van der Waals surface area contributed by atoms with E-state index in [4.69, 9.17) is 5.73 Å². The van der Waals surface area contributed by atoms with Gasteiger partial charge in [0.15, 0.2) is 0 Å². The first-order chi connectivity index (χ1) is 20.8. The Morgan fingerprint density at radius 3 is 2.38 bits per heavy atom. The van der Waals surface area contributed by atoms with Gasteiger partial charge in [-0.05, 0) is 94.8 Å². The lowest BCUT2D eigenvalue weighted by Crippen LogP contribution is -2.13. The average Bonchev–Trinajstić information content (AvgIpc) is 3.39. The molecule has 6 aromatic rings. The van der Waals surface area contributed by atoms with Crippen LogP contribution in [0.2, 0.25) is 0 Å². The van der Waals surface area contributed by atoms with Crippen molar-refractivity contribution >= 4 is 33.1 Å². The topological polar surface area (TPSA) is 43.0 Å². The second-order valence-electron chi connectivity index (χ2n) is 11.1. The molecule has 1 aliphatic rings. The van der Waals surface area contributed by atoms with Gasteiger partial charge in [0, 0.05) is 23.2 Å². The van der Waals surface area contributed by atoms with E-state index < -0.39 is 0 Å². The third kappa shape index (κ3) is 4.88. The third-order valence-electron chi connectivity index (χ3n) is 8.52. The second-order valence-corrected chi connectivity index (χ2v) is 11.1. The molecule has 0 radical (unpaired) electrons. The molecule has 3 heteroatoms. The number of nitrogens with one attached hydrogen (secondary N) is 1. The third-order valence-corrected chi connectivity index (χ3v) is 8.52. The molecule has 0 unspecified atom stereocenters. The number of para-hydroxylation sites is 1. The first kappa shape index (κ1) is 25.9. The van der Waals surface area contributed by atoms with Crippen LogP contribution in [0.1, 0.15) is 29.5 Å². The van der Waals surface area contributed by atoms with E-state index in [1.165, 1.54) is 73.0 Å². The Balaban J connectivity index is 1.12. The minimum absolute atomic E-state index is 0.931. The van der Waals surface area contributed by atoms with Gasteiger partial charge in [-0.2, -0.15) is 0 Å². The lowest BCUT2D eigenvalue weighted by Gasteiger charge is -2.18. The fourth-order valence-corrected chi connectivity index (χ4v) is 6.41. The highest BCUT2D eigenvalue weighted by Crippen LogP contribution is 2.36. The summed E-state index contributed by atoms with van der Waals surface area (Å²) in [6.45, 7) is 1.02. The second kappa shape index (κ2) is 11.5. The zero-order valence-corrected chi connectivity index (χ0v) is 23.8. The molecule has 0 saturated heterocycles. The molecule has 2 heterocycles. The predicted molar refractivity (Wildman–Crippen MR) is 179 cm³/mol. The van der Waals surface area contributed by atoms with E-state index >= 15 is 0 Å². The van der Waals surface area contributed by atoms with Gasteiger partial charge in [-0.1, -0.05) is 103 Å². The quantitative estimate of drug-likeness (QED) is 0.196. The average molecular weight is 546 g/mol. The number of fused-ring (bicyclic) bond motifs is 4. The number of rotatable bonds is 7. The van der Waals surface area contributed by atoms with Crippen LogP contribution in [0, 0.1) is 0 Å². The summed E-state index contributed by atoms with van der Waals surface area (Å²) in [6.07, 6.45) is 9.88. The van der Waals surface area contributed by atoms with Gasteiger partial charge in [-0.15, -0.1) is 0 Å². The van der Waals surface area contributed by atoms with Crippen LogP contribution in [0.5, 0.6) is 0 Å². The number of aryl methyl sites for hydroxylation is 2. The van der Waals surface area contributed by atoms with Crippen molar-refractivity contribution in [1.82, 2.24) is 4.57 Å². The van der Waals surface area contributed by atoms with Crippen LogP contribution in [0.3, 0.4) is 0 Å². The summed E-state index contributed by atoms with van der Waals surface area (Å²) < 4.78 is 2.39. The van der Waals surface area contributed by atoms with Gasteiger partial charge in [0.1, 0.15) is 5.82 Å². The molecule has 7 rings (SSSR count). The molecular weight excluding hydrogens is 510 g/mol. The van der Waals surface area contributed by atoms with Gasteiger partial charge in [0.25, 0.3) is 0 Å². The number of hydrogen-bond donors (Lipinski definition) is 2. The van der Waals surface area contributed by atoms with Crippen LogP contribution < -0.4 is 11.1 Å². The zero-order valence-electron chi connectivity index (χ0n) is 23.8. The van der Waals surface area contributed by atoms with Gasteiger partial charge in [0.05, 0.1) is 5.52 Å². The minimum Gasteiger partial charge on any atom is -0.405 e. The van der Waals surface area contributed by atoms with E-state index in [2.05, 4.69) is 131 Å². The van der Waals surface area contributed by atoms with E-state index in [-0.39, 0.29) is 0 Å². The molecule has 0 bridgehead atoms. The molecule has 0 spiro atoms. The van der Waals surface area contributed by atoms with Crippen LogP contribution >= 0.6 is 0 Å². The number of aromatic nitrogens is 1. The van der Waals surface area contributed by atoms with Crippen molar-refractivity contribution in [1.29, 1.82) is 0 Å². The largest absolute Gasteiger partial charge is 0.405 e. The molecule has 0 amide bonds. The number of nitrogens with two attached hydrogens (primary N) is 1. The van der Waals surface area contributed by atoms with E-state index in [9.17, 15) is 0 Å². The summed E-state index contributed by atoms with van der Waals surface area (Å²) in [5.41, 5.74) is 16.0. The molecular formula is C39H35N3. The molecule has 5 aromatic carbocycles. The number of allylic oxidation sites excluding steroid dienone is 3. The summed E-state index contributed by atoms with van der Waals surface area (Å²) >= 11 is 0. The maximum atomic E-state index is 5.73. The maximum Gasteiger partial charge on any atom is 0.114 e. The molecule has 3 nitrogen and oxygen atoms in total. The SMILES string of the molecule is N/C=C\C=C(/CCc1ccc(-n2c3c(c4ccccc42)CCCN3)cc1)c1ccc(-c2cccc3ccccc23)cc1. The van der Waals surface area contributed by atoms with Gasteiger partial charge in [-0.25, -0.2) is 0 Å². The fraction of sp³-hybridized carbons (Fsp3) is 0.128.